The summed E-state index contributed by atoms with van der Waals surface area (Å²) in [7, 11) is 1.60. The largest absolute Gasteiger partial charge is 0.496 e. The Morgan fingerprint density at radius 2 is 1.70 bits per heavy atom. The van der Waals surface area contributed by atoms with Crippen molar-refractivity contribution in [3.05, 3.63) is 118 Å². The van der Waals surface area contributed by atoms with Crippen molar-refractivity contribution >= 4 is 35.1 Å². The SMILES string of the molecule is COc1ccc(/C=C/C(=O)c2ccc(-n3cccc3)cc2)cc1COc1cccc(Cl)c1Cl. The molecule has 0 bridgehead atoms. The van der Waals surface area contributed by atoms with Gasteiger partial charge in [-0.2, -0.15) is 0 Å². The second-order valence-electron chi connectivity index (χ2n) is 7.25. The molecular formula is C27H21Cl2NO3. The van der Waals surface area contributed by atoms with Crippen molar-refractivity contribution in [1.82, 2.24) is 4.57 Å². The van der Waals surface area contributed by atoms with Crippen molar-refractivity contribution in [2.75, 3.05) is 7.11 Å². The summed E-state index contributed by atoms with van der Waals surface area (Å²) in [6.45, 7) is 0.236. The van der Waals surface area contributed by atoms with Gasteiger partial charge in [0.05, 0.1) is 12.1 Å². The first-order valence-electron chi connectivity index (χ1n) is 10.2. The van der Waals surface area contributed by atoms with Crippen LogP contribution in [0.3, 0.4) is 0 Å². The second kappa shape index (κ2) is 10.4. The summed E-state index contributed by atoms with van der Waals surface area (Å²) in [4.78, 5) is 12.6. The second-order valence-corrected chi connectivity index (χ2v) is 8.03. The van der Waals surface area contributed by atoms with E-state index in [1.807, 2.05) is 71.6 Å². The summed E-state index contributed by atoms with van der Waals surface area (Å²) in [5.41, 5.74) is 3.29. The molecule has 0 fully saturated rings. The fourth-order valence-electron chi connectivity index (χ4n) is 3.34. The number of aromatic nitrogens is 1. The van der Waals surface area contributed by atoms with Gasteiger partial charge >= 0.3 is 0 Å². The molecule has 0 aliphatic carbocycles. The van der Waals surface area contributed by atoms with Crippen LogP contribution in [0.2, 0.25) is 10.0 Å². The summed E-state index contributed by atoms with van der Waals surface area (Å²) in [6.07, 6.45) is 7.26. The van der Waals surface area contributed by atoms with E-state index in [9.17, 15) is 4.79 Å². The molecule has 3 aromatic carbocycles. The highest BCUT2D eigenvalue weighted by molar-refractivity contribution is 6.42. The first-order valence-corrected chi connectivity index (χ1v) is 11.0. The minimum absolute atomic E-state index is 0.0756. The molecule has 4 nitrogen and oxygen atoms in total. The molecule has 0 N–H and O–H groups in total. The van der Waals surface area contributed by atoms with E-state index in [2.05, 4.69) is 0 Å². The van der Waals surface area contributed by atoms with Gasteiger partial charge in [0.15, 0.2) is 5.78 Å². The van der Waals surface area contributed by atoms with Crippen molar-refractivity contribution in [2.24, 2.45) is 0 Å². The highest BCUT2D eigenvalue weighted by atomic mass is 35.5. The number of nitrogens with zero attached hydrogens (tertiary/aromatic N) is 1. The fraction of sp³-hybridized carbons (Fsp3) is 0.0741. The van der Waals surface area contributed by atoms with Gasteiger partial charge in [-0.3, -0.25) is 4.79 Å². The van der Waals surface area contributed by atoms with Crippen molar-refractivity contribution < 1.29 is 14.3 Å². The number of rotatable bonds is 8. The van der Waals surface area contributed by atoms with E-state index < -0.39 is 0 Å². The topological polar surface area (TPSA) is 40.5 Å². The Bertz CT molecular complexity index is 1280. The van der Waals surface area contributed by atoms with E-state index in [0.29, 0.717) is 27.1 Å². The molecular weight excluding hydrogens is 457 g/mol. The summed E-state index contributed by atoms with van der Waals surface area (Å²) in [5, 5.41) is 0.792. The predicted octanol–water partition coefficient (Wildman–Crippen LogP) is 7.27. The smallest absolute Gasteiger partial charge is 0.185 e. The first-order chi connectivity index (χ1) is 16.0. The summed E-state index contributed by atoms with van der Waals surface area (Å²) < 4.78 is 13.3. The Balaban J connectivity index is 1.47. The number of ketones is 1. The molecule has 0 spiro atoms. The molecule has 33 heavy (non-hydrogen) atoms. The molecule has 0 aliphatic rings. The maximum absolute atomic E-state index is 12.6. The standard InChI is InChI=1S/C27H21Cl2NO3/c1-32-25-14-8-19(17-21(25)18-33-26-6-4-5-23(28)27(26)29)7-13-24(31)20-9-11-22(12-10-20)30-15-2-3-16-30/h2-17H,18H2,1H3/b13-7+. The van der Waals surface area contributed by atoms with Crippen molar-refractivity contribution in [3.8, 4) is 17.2 Å². The molecule has 0 atom stereocenters. The van der Waals surface area contributed by atoms with Crippen LogP contribution in [0, 0.1) is 0 Å². The highest BCUT2D eigenvalue weighted by Gasteiger charge is 2.09. The third-order valence-corrected chi connectivity index (χ3v) is 5.89. The first kappa shape index (κ1) is 22.7. The van der Waals surface area contributed by atoms with E-state index in [-0.39, 0.29) is 12.4 Å². The maximum atomic E-state index is 12.6. The number of hydrogen-bond acceptors (Lipinski definition) is 3. The summed E-state index contributed by atoms with van der Waals surface area (Å²) >= 11 is 12.3. The average molecular weight is 478 g/mol. The number of halogens is 2. The summed E-state index contributed by atoms with van der Waals surface area (Å²) in [6, 6.07) is 22.3. The van der Waals surface area contributed by atoms with Crippen LogP contribution in [0.1, 0.15) is 21.5 Å². The molecule has 6 heteroatoms. The molecule has 0 saturated carbocycles. The van der Waals surface area contributed by atoms with E-state index in [0.717, 1.165) is 16.8 Å². The lowest BCUT2D eigenvalue weighted by molar-refractivity contribution is 0.104. The number of carbonyl (C=O) groups is 1. The number of benzene rings is 3. The normalized spacial score (nSPS) is 11.0. The zero-order valence-corrected chi connectivity index (χ0v) is 19.4. The molecule has 0 amide bonds. The van der Waals surface area contributed by atoms with E-state index in [1.54, 1.807) is 37.5 Å². The minimum Gasteiger partial charge on any atom is -0.496 e. The number of methoxy groups -OCH3 is 1. The molecule has 1 heterocycles. The molecule has 0 aliphatic heterocycles. The molecule has 0 unspecified atom stereocenters. The van der Waals surface area contributed by atoms with Gasteiger partial charge < -0.3 is 14.0 Å². The molecule has 0 radical (unpaired) electrons. The molecule has 4 rings (SSSR count). The molecule has 166 valence electrons. The van der Waals surface area contributed by atoms with Crippen LogP contribution in [-0.4, -0.2) is 17.5 Å². The number of allylic oxidation sites excluding steroid dienone is 1. The molecule has 4 aromatic rings. The van der Waals surface area contributed by atoms with Crippen LogP contribution in [0.4, 0.5) is 0 Å². The van der Waals surface area contributed by atoms with Crippen LogP contribution >= 0.6 is 23.2 Å². The average Bonchev–Trinajstić information content (AvgIpc) is 3.39. The van der Waals surface area contributed by atoms with Gasteiger partial charge in [-0.1, -0.05) is 41.4 Å². The maximum Gasteiger partial charge on any atom is 0.185 e. The van der Waals surface area contributed by atoms with Crippen LogP contribution in [0.15, 0.2) is 91.3 Å². The summed E-state index contributed by atoms with van der Waals surface area (Å²) in [5.74, 6) is 1.09. The van der Waals surface area contributed by atoms with E-state index >= 15 is 0 Å². The number of ether oxygens (including phenoxy) is 2. The Hall–Kier alpha value is -3.47. The third kappa shape index (κ3) is 5.48. The van der Waals surface area contributed by atoms with Gasteiger partial charge in [0.1, 0.15) is 23.1 Å². The highest BCUT2D eigenvalue weighted by Crippen LogP contribution is 2.32. The monoisotopic (exact) mass is 477 g/mol. The van der Waals surface area contributed by atoms with Crippen LogP contribution < -0.4 is 9.47 Å². The lowest BCUT2D eigenvalue weighted by Gasteiger charge is -2.12. The van der Waals surface area contributed by atoms with E-state index in [4.69, 9.17) is 32.7 Å². The van der Waals surface area contributed by atoms with Gasteiger partial charge in [-0.25, -0.2) is 0 Å². The molecule has 1 aromatic heterocycles. The zero-order chi connectivity index (χ0) is 23.2. The predicted molar refractivity (Wildman–Crippen MR) is 133 cm³/mol. The fourth-order valence-corrected chi connectivity index (χ4v) is 3.68. The Kier molecular flexibility index (Phi) is 7.18. The lowest BCUT2D eigenvalue weighted by atomic mass is 10.1. The Morgan fingerprint density at radius 1 is 0.939 bits per heavy atom. The van der Waals surface area contributed by atoms with Gasteiger partial charge in [0.25, 0.3) is 0 Å². The van der Waals surface area contributed by atoms with Crippen molar-refractivity contribution in [1.29, 1.82) is 0 Å². The van der Waals surface area contributed by atoms with Crippen molar-refractivity contribution in [2.45, 2.75) is 6.61 Å². The Labute approximate surface area is 202 Å². The Morgan fingerprint density at radius 3 is 2.42 bits per heavy atom. The van der Waals surface area contributed by atoms with E-state index in [1.165, 1.54) is 0 Å². The lowest BCUT2D eigenvalue weighted by Crippen LogP contribution is -2.00. The minimum atomic E-state index is -0.0756. The quantitative estimate of drug-likeness (QED) is 0.198. The van der Waals surface area contributed by atoms with Gasteiger partial charge in [-0.15, -0.1) is 0 Å². The third-order valence-electron chi connectivity index (χ3n) is 5.09. The van der Waals surface area contributed by atoms with Crippen LogP contribution in [0.5, 0.6) is 11.5 Å². The van der Waals surface area contributed by atoms with Crippen LogP contribution in [0.25, 0.3) is 11.8 Å². The van der Waals surface area contributed by atoms with Crippen molar-refractivity contribution in [3.63, 3.8) is 0 Å². The number of hydrogen-bond donors (Lipinski definition) is 0. The van der Waals surface area contributed by atoms with Gasteiger partial charge in [-0.05, 0) is 72.3 Å². The molecule has 0 saturated heterocycles. The van der Waals surface area contributed by atoms with Crippen LogP contribution in [-0.2, 0) is 6.61 Å². The number of carbonyl (C=O) groups excluding carboxylic acids is 1. The zero-order valence-electron chi connectivity index (χ0n) is 17.9. The van der Waals surface area contributed by atoms with Gasteiger partial charge in [0, 0.05) is 29.2 Å². The van der Waals surface area contributed by atoms with Gasteiger partial charge in [0.2, 0.25) is 0 Å².